The van der Waals surface area contributed by atoms with E-state index in [2.05, 4.69) is 50.5 Å². The molecule has 0 amide bonds. The van der Waals surface area contributed by atoms with Crippen molar-refractivity contribution in [2.45, 2.75) is 18.5 Å². The standard InChI is InChI=1S/C19H31ClN6.HI/c1-21-19(22-12-18-14-24(2)9-10-25(18)3)23-16-7-8-26(13-16)17-6-4-5-15(20)11-17;/h4-6,11,16,18H,7-10,12-14H2,1-3H3,(H2,21,22,23);1H. The lowest BCUT2D eigenvalue weighted by molar-refractivity contribution is 0.116. The second-order valence-corrected chi connectivity index (χ2v) is 7.84. The zero-order valence-electron chi connectivity index (χ0n) is 16.5. The molecule has 8 heteroatoms. The number of anilines is 1. The van der Waals surface area contributed by atoms with Gasteiger partial charge in [0.25, 0.3) is 0 Å². The lowest BCUT2D eigenvalue weighted by atomic mass is 10.2. The van der Waals surface area contributed by atoms with Crippen LogP contribution in [0.5, 0.6) is 0 Å². The normalized spacial score (nSPS) is 24.6. The van der Waals surface area contributed by atoms with Gasteiger partial charge in [0.15, 0.2) is 5.96 Å². The van der Waals surface area contributed by atoms with Crippen molar-refractivity contribution in [2.24, 2.45) is 4.99 Å². The van der Waals surface area contributed by atoms with Crippen molar-refractivity contribution in [3.63, 3.8) is 0 Å². The molecular weight excluding hydrogens is 475 g/mol. The van der Waals surface area contributed by atoms with E-state index in [0.717, 1.165) is 56.7 Å². The summed E-state index contributed by atoms with van der Waals surface area (Å²) in [6, 6.07) is 8.99. The summed E-state index contributed by atoms with van der Waals surface area (Å²) in [7, 11) is 6.24. The number of benzene rings is 1. The minimum atomic E-state index is 0. The Morgan fingerprint density at radius 3 is 2.78 bits per heavy atom. The van der Waals surface area contributed by atoms with Crippen LogP contribution in [-0.4, -0.2) is 88.3 Å². The second kappa shape index (κ2) is 10.7. The highest BCUT2D eigenvalue weighted by molar-refractivity contribution is 14.0. The van der Waals surface area contributed by atoms with E-state index in [1.165, 1.54) is 5.69 Å². The number of hydrogen-bond acceptors (Lipinski definition) is 4. The maximum absolute atomic E-state index is 6.12. The number of nitrogens with one attached hydrogen (secondary N) is 2. The summed E-state index contributed by atoms with van der Waals surface area (Å²) in [6.07, 6.45) is 1.10. The molecule has 2 fully saturated rings. The fourth-order valence-electron chi connectivity index (χ4n) is 3.71. The number of guanidine groups is 1. The van der Waals surface area contributed by atoms with Gasteiger partial charge in [0.05, 0.1) is 0 Å². The summed E-state index contributed by atoms with van der Waals surface area (Å²) in [5.74, 6) is 0.893. The Kier molecular flexibility index (Phi) is 8.91. The Hall–Kier alpha value is -0.770. The molecule has 2 aliphatic heterocycles. The molecule has 1 aromatic rings. The molecule has 2 heterocycles. The average molecular weight is 507 g/mol. The van der Waals surface area contributed by atoms with E-state index in [1.807, 2.05) is 25.2 Å². The summed E-state index contributed by atoms with van der Waals surface area (Å²) < 4.78 is 0. The zero-order valence-corrected chi connectivity index (χ0v) is 19.6. The number of rotatable bonds is 4. The molecule has 1 aromatic carbocycles. The smallest absolute Gasteiger partial charge is 0.191 e. The number of hydrogen-bond donors (Lipinski definition) is 2. The quantitative estimate of drug-likeness (QED) is 0.371. The van der Waals surface area contributed by atoms with Gasteiger partial charge >= 0.3 is 0 Å². The molecule has 2 aliphatic rings. The summed E-state index contributed by atoms with van der Waals surface area (Å²) in [5.41, 5.74) is 1.19. The second-order valence-electron chi connectivity index (χ2n) is 7.41. The van der Waals surface area contributed by atoms with Crippen LogP contribution < -0.4 is 15.5 Å². The number of piperazine rings is 1. The Morgan fingerprint density at radius 2 is 2.04 bits per heavy atom. The van der Waals surface area contributed by atoms with Gasteiger partial charge in [-0.1, -0.05) is 17.7 Å². The van der Waals surface area contributed by atoms with Crippen molar-refractivity contribution < 1.29 is 0 Å². The Bertz CT molecular complexity index is 628. The molecule has 152 valence electrons. The van der Waals surface area contributed by atoms with E-state index in [9.17, 15) is 0 Å². The van der Waals surface area contributed by atoms with E-state index in [4.69, 9.17) is 11.6 Å². The van der Waals surface area contributed by atoms with Crippen LogP contribution in [0.1, 0.15) is 6.42 Å². The van der Waals surface area contributed by atoms with Gasteiger partial charge in [-0.25, -0.2) is 0 Å². The molecule has 27 heavy (non-hydrogen) atoms. The molecule has 0 bridgehead atoms. The number of halogens is 2. The molecule has 2 unspecified atom stereocenters. The maximum atomic E-state index is 6.12. The molecule has 2 N–H and O–H groups in total. The first-order valence-electron chi connectivity index (χ1n) is 9.41. The Labute approximate surface area is 185 Å². The molecule has 2 atom stereocenters. The van der Waals surface area contributed by atoms with Crippen molar-refractivity contribution >= 4 is 47.2 Å². The largest absolute Gasteiger partial charge is 0.369 e. The number of nitrogens with zero attached hydrogens (tertiary/aromatic N) is 4. The summed E-state index contributed by atoms with van der Waals surface area (Å²) in [4.78, 5) is 11.6. The third-order valence-corrected chi connectivity index (χ3v) is 5.65. The van der Waals surface area contributed by atoms with Crippen LogP contribution in [0.25, 0.3) is 0 Å². The van der Waals surface area contributed by atoms with Crippen LogP contribution in [0.15, 0.2) is 29.3 Å². The first-order chi connectivity index (χ1) is 12.5. The van der Waals surface area contributed by atoms with Crippen molar-refractivity contribution in [3.8, 4) is 0 Å². The molecule has 0 radical (unpaired) electrons. The highest BCUT2D eigenvalue weighted by Gasteiger charge is 2.25. The van der Waals surface area contributed by atoms with Gasteiger partial charge in [-0.15, -0.1) is 24.0 Å². The van der Waals surface area contributed by atoms with Gasteiger partial charge in [0, 0.05) is 69.1 Å². The maximum Gasteiger partial charge on any atom is 0.191 e. The lowest BCUT2D eigenvalue weighted by Gasteiger charge is -2.38. The molecule has 0 saturated carbocycles. The highest BCUT2D eigenvalue weighted by Crippen LogP contribution is 2.23. The predicted octanol–water partition coefficient (Wildman–Crippen LogP) is 1.95. The average Bonchev–Trinajstić information content (AvgIpc) is 3.10. The van der Waals surface area contributed by atoms with Crippen LogP contribution in [-0.2, 0) is 0 Å². The Morgan fingerprint density at radius 1 is 1.22 bits per heavy atom. The minimum absolute atomic E-state index is 0. The fourth-order valence-corrected chi connectivity index (χ4v) is 3.89. The third kappa shape index (κ3) is 6.37. The van der Waals surface area contributed by atoms with E-state index >= 15 is 0 Å². The van der Waals surface area contributed by atoms with Crippen LogP contribution in [0.4, 0.5) is 5.69 Å². The van der Waals surface area contributed by atoms with E-state index in [1.54, 1.807) is 0 Å². The van der Waals surface area contributed by atoms with Gasteiger partial charge in [-0.05, 0) is 38.7 Å². The summed E-state index contributed by atoms with van der Waals surface area (Å²) in [5, 5.41) is 7.88. The van der Waals surface area contributed by atoms with Crippen LogP contribution in [0, 0.1) is 0 Å². The SMILES string of the molecule is CN=C(NCC1CN(C)CCN1C)NC1CCN(c2cccc(Cl)c2)C1.I. The van der Waals surface area contributed by atoms with Crippen molar-refractivity contribution in [3.05, 3.63) is 29.3 Å². The predicted molar refractivity (Wildman–Crippen MR) is 126 cm³/mol. The molecule has 0 aliphatic carbocycles. The Balaban J connectivity index is 0.00000261. The monoisotopic (exact) mass is 506 g/mol. The van der Waals surface area contributed by atoms with E-state index in [-0.39, 0.29) is 24.0 Å². The minimum Gasteiger partial charge on any atom is -0.369 e. The summed E-state index contributed by atoms with van der Waals surface area (Å²) in [6.45, 7) is 6.25. The van der Waals surface area contributed by atoms with Crippen molar-refractivity contribution in [1.82, 2.24) is 20.4 Å². The van der Waals surface area contributed by atoms with Gasteiger partial charge in [0.1, 0.15) is 0 Å². The first kappa shape index (κ1) is 22.5. The third-order valence-electron chi connectivity index (χ3n) is 5.41. The topological polar surface area (TPSA) is 46.1 Å². The van der Waals surface area contributed by atoms with Gasteiger partial charge in [-0.3, -0.25) is 9.89 Å². The van der Waals surface area contributed by atoms with Crippen molar-refractivity contribution in [2.75, 3.05) is 65.3 Å². The van der Waals surface area contributed by atoms with Crippen molar-refractivity contribution in [1.29, 1.82) is 0 Å². The molecule has 6 nitrogen and oxygen atoms in total. The number of likely N-dealkylation sites (N-methyl/N-ethyl adjacent to an activating group) is 2. The van der Waals surface area contributed by atoms with Crippen LogP contribution in [0.3, 0.4) is 0 Å². The number of aliphatic imine (C=N–C) groups is 1. The fraction of sp³-hybridized carbons (Fsp3) is 0.632. The molecular formula is C19H32ClIN6. The highest BCUT2D eigenvalue weighted by atomic mass is 127. The van der Waals surface area contributed by atoms with Crippen LogP contribution >= 0.6 is 35.6 Å². The molecule has 3 rings (SSSR count). The zero-order chi connectivity index (χ0) is 18.5. The van der Waals surface area contributed by atoms with Gasteiger partial charge in [0.2, 0.25) is 0 Å². The van der Waals surface area contributed by atoms with Gasteiger partial charge in [-0.2, -0.15) is 0 Å². The molecule has 0 aromatic heterocycles. The van der Waals surface area contributed by atoms with E-state index < -0.39 is 0 Å². The van der Waals surface area contributed by atoms with E-state index in [0.29, 0.717) is 12.1 Å². The summed E-state index contributed by atoms with van der Waals surface area (Å²) >= 11 is 6.12. The van der Waals surface area contributed by atoms with Crippen LogP contribution in [0.2, 0.25) is 5.02 Å². The molecule has 0 spiro atoms. The van der Waals surface area contributed by atoms with Gasteiger partial charge < -0.3 is 20.4 Å². The first-order valence-corrected chi connectivity index (χ1v) is 9.79. The lowest BCUT2D eigenvalue weighted by Crippen LogP contribution is -2.56. The molecule has 2 saturated heterocycles.